The van der Waals surface area contributed by atoms with Gasteiger partial charge in [0.15, 0.2) is 11.3 Å². The lowest BCUT2D eigenvalue weighted by atomic mass is 10.1. The van der Waals surface area contributed by atoms with Crippen LogP contribution in [0.3, 0.4) is 0 Å². The van der Waals surface area contributed by atoms with Crippen LogP contribution in [0, 0.1) is 6.92 Å². The van der Waals surface area contributed by atoms with Crippen molar-refractivity contribution in [1.29, 1.82) is 0 Å². The topological polar surface area (TPSA) is 59.4 Å². The van der Waals surface area contributed by atoms with Gasteiger partial charge >= 0.3 is 6.18 Å². The molecule has 0 amide bonds. The monoisotopic (exact) mass is 323 g/mol. The highest BCUT2D eigenvalue weighted by molar-refractivity contribution is 5.80. The number of benzene rings is 1. The summed E-state index contributed by atoms with van der Waals surface area (Å²) in [4.78, 5) is 15.5. The standard InChI is InChI=1S/C15H12F3N3O2/c1-8-13(9-3-5-10(23-2)6-4-9)14-19-11(15(16,17)18)7-12(22)21(14)20-8/h3-7,20H,1-2H3. The van der Waals surface area contributed by atoms with Crippen molar-refractivity contribution in [3.63, 3.8) is 0 Å². The molecule has 0 spiro atoms. The molecule has 2 aromatic heterocycles. The minimum absolute atomic E-state index is 0.0625. The van der Waals surface area contributed by atoms with E-state index in [0.29, 0.717) is 28.6 Å². The number of hydrogen-bond donors (Lipinski definition) is 1. The lowest BCUT2D eigenvalue weighted by Crippen LogP contribution is -2.20. The van der Waals surface area contributed by atoms with Crippen molar-refractivity contribution in [2.75, 3.05) is 7.11 Å². The minimum Gasteiger partial charge on any atom is -0.497 e. The van der Waals surface area contributed by atoms with Gasteiger partial charge in [-0.15, -0.1) is 0 Å². The number of hydrogen-bond acceptors (Lipinski definition) is 3. The fraction of sp³-hybridized carbons (Fsp3) is 0.200. The van der Waals surface area contributed by atoms with Crippen molar-refractivity contribution < 1.29 is 17.9 Å². The molecule has 120 valence electrons. The number of aryl methyl sites for hydroxylation is 1. The molecule has 0 saturated carbocycles. The molecule has 0 aliphatic rings. The maximum absolute atomic E-state index is 12.9. The number of halogens is 3. The molecule has 23 heavy (non-hydrogen) atoms. The fourth-order valence-electron chi connectivity index (χ4n) is 2.40. The van der Waals surface area contributed by atoms with Crippen molar-refractivity contribution in [3.8, 4) is 16.9 Å². The van der Waals surface area contributed by atoms with Crippen LogP contribution in [0.1, 0.15) is 11.4 Å². The summed E-state index contributed by atoms with van der Waals surface area (Å²) in [5, 5.41) is 2.74. The molecule has 0 aliphatic heterocycles. The summed E-state index contributed by atoms with van der Waals surface area (Å²) < 4.78 is 44.8. The summed E-state index contributed by atoms with van der Waals surface area (Å²) in [6, 6.07) is 7.23. The van der Waals surface area contributed by atoms with Gasteiger partial charge in [-0.2, -0.15) is 13.2 Å². The van der Waals surface area contributed by atoms with E-state index in [-0.39, 0.29) is 5.65 Å². The fourth-order valence-corrected chi connectivity index (χ4v) is 2.40. The highest BCUT2D eigenvalue weighted by Gasteiger charge is 2.34. The van der Waals surface area contributed by atoms with Gasteiger partial charge in [0.1, 0.15) is 5.75 Å². The van der Waals surface area contributed by atoms with Gasteiger partial charge in [0, 0.05) is 17.3 Å². The first-order chi connectivity index (χ1) is 10.8. The Morgan fingerprint density at radius 1 is 1.22 bits per heavy atom. The number of alkyl halides is 3. The van der Waals surface area contributed by atoms with Crippen LogP contribution in [0.5, 0.6) is 5.75 Å². The summed E-state index contributed by atoms with van der Waals surface area (Å²) in [6.07, 6.45) is -4.68. The lowest BCUT2D eigenvalue weighted by molar-refractivity contribution is -0.141. The Morgan fingerprint density at radius 3 is 2.43 bits per heavy atom. The Balaban J connectivity index is 2.29. The second-order valence-electron chi connectivity index (χ2n) is 4.98. The van der Waals surface area contributed by atoms with Crippen molar-refractivity contribution in [3.05, 3.63) is 52.1 Å². The van der Waals surface area contributed by atoms with E-state index in [1.165, 1.54) is 7.11 Å². The molecule has 5 nitrogen and oxygen atoms in total. The number of H-pyrrole nitrogens is 1. The van der Waals surface area contributed by atoms with Crippen LogP contribution in [-0.4, -0.2) is 21.7 Å². The molecule has 0 aliphatic carbocycles. The number of aromatic amines is 1. The molecule has 3 aromatic rings. The number of fused-ring (bicyclic) bond motifs is 1. The van der Waals surface area contributed by atoms with Crippen LogP contribution in [0.15, 0.2) is 35.1 Å². The molecular formula is C15H12F3N3O2. The van der Waals surface area contributed by atoms with Gasteiger partial charge in [-0.05, 0) is 24.6 Å². The average molecular weight is 323 g/mol. The predicted octanol–water partition coefficient (Wildman–Crippen LogP) is 3.03. The van der Waals surface area contributed by atoms with E-state index in [4.69, 9.17) is 4.74 Å². The summed E-state index contributed by atoms with van der Waals surface area (Å²) in [7, 11) is 1.52. The van der Waals surface area contributed by atoms with Crippen molar-refractivity contribution >= 4 is 5.65 Å². The highest BCUT2D eigenvalue weighted by atomic mass is 19.4. The quantitative estimate of drug-likeness (QED) is 0.788. The van der Waals surface area contributed by atoms with Crippen molar-refractivity contribution in [2.45, 2.75) is 13.1 Å². The molecule has 0 bridgehead atoms. The highest BCUT2D eigenvalue weighted by Crippen LogP contribution is 2.31. The van der Waals surface area contributed by atoms with Gasteiger partial charge in [-0.3, -0.25) is 9.89 Å². The molecule has 0 saturated heterocycles. The zero-order valence-corrected chi connectivity index (χ0v) is 12.2. The van der Waals surface area contributed by atoms with E-state index in [1.54, 1.807) is 31.2 Å². The molecule has 8 heteroatoms. The Labute approximate surface area is 128 Å². The maximum atomic E-state index is 12.9. The zero-order chi connectivity index (χ0) is 16.8. The molecule has 0 atom stereocenters. The van der Waals surface area contributed by atoms with E-state index in [9.17, 15) is 18.0 Å². The summed E-state index contributed by atoms with van der Waals surface area (Å²) >= 11 is 0. The first-order valence-corrected chi connectivity index (χ1v) is 6.65. The number of nitrogens with zero attached hydrogens (tertiary/aromatic N) is 2. The zero-order valence-electron chi connectivity index (χ0n) is 12.2. The van der Waals surface area contributed by atoms with Gasteiger partial charge in [-0.1, -0.05) is 12.1 Å². The number of nitrogens with one attached hydrogen (secondary N) is 1. The Bertz CT molecular complexity index is 924. The normalized spacial score (nSPS) is 11.9. The SMILES string of the molecule is COc1ccc(-c2c(C)[nH]n3c(=O)cc(C(F)(F)F)nc23)cc1. The minimum atomic E-state index is -4.68. The smallest absolute Gasteiger partial charge is 0.433 e. The summed E-state index contributed by atoms with van der Waals surface area (Å²) in [5.41, 5.74) is -0.475. The van der Waals surface area contributed by atoms with E-state index in [0.717, 1.165) is 4.52 Å². The van der Waals surface area contributed by atoms with Gasteiger partial charge < -0.3 is 4.74 Å². The Kier molecular flexibility index (Phi) is 3.39. The number of rotatable bonds is 2. The number of ether oxygens (including phenoxy) is 1. The van der Waals surface area contributed by atoms with E-state index in [1.807, 2.05) is 0 Å². The van der Waals surface area contributed by atoms with Crippen LogP contribution in [0.25, 0.3) is 16.8 Å². The first-order valence-electron chi connectivity index (χ1n) is 6.65. The van der Waals surface area contributed by atoms with E-state index < -0.39 is 17.4 Å². The largest absolute Gasteiger partial charge is 0.497 e. The second-order valence-corrected chi connectivity index (χ2v) is 4.98. The van der Waals surface area contributed by atoms with E-state index >= 15 is 0 Å². The Morgan fingerprint density at radius 2 is 1.87 bits per heavy atom. The number of aromatic nitrogens is 3. The maximum Gasteiger partial charge on any atom is 0.433 e. The van der Waals surface area contributed by atoms with Crippen LogP contribution in [0.2, 0.25) is 0 Å². The molecular weight excluding hydrogens is 311 g/mol. The third-order valence-electron chi connectivity index (χ3n) is 3.47. The van der Waals surface area contributed by atoms with Crippen LogP contribution < -0.4 is 10.3 Å². The van der Waals surface area contributed by atoms with Crippen LogP contribution in [0.4, 0.5) is 13.2 Å². The van der Waals surface area contributed by atoms with Gasteiger partial charge in [-0.25, -0.2) is 9.50 Å². The van der Waals surface area contributed by atoms with Crippen LogP contribution >= 0.6 is 0 Å². The van der Waals surface area contributed by atoms with Gasteiger partial charge in [0.05, 0.1) is 7.11 Å². The summed E-state index contributed by atoms with van der Waals surface area (Å²) in [5.74, 6) is 0.618. The second kappa shape index (κ2) is 5.15. The van der Waals surface area contributed by atoms with E-state index in [2.05, 4.69) is 10.1 Å². The molecule has 0 unspecified atom stereocenters. The lowest BCUT2D eigenvalue weighted by Gasteiger charge is -2.06. The van der Waals surface area contributed by atoms with Crippen molar-refractivity contribution in [2.24, 2.45) is 0 Å². The predicted molar refractivity (Wildman–Crippen MR) is 77.5 cm³/mol. The molecule has 0 fully saturated rings. The average Bonchev–Trinajstić information content (AvgIpc) is 2.83. The number of methoxy groups -OCH3 is 1. The third-order valence-corrected chi connectivity index (χ3v) is 3.47. The Hall–Kier alpha value is -2.77. The molecule has 0 radical (unpaired) electrons. The summed E-state index contributed by atoms with van der Waals surface area (Å²) in [6.45, 7) is 1.67. The third kappa shape index (κ3) is 2.56. The van der Waals surface area contributed by atoms with Crippen molar-refractivity contribution in [1.82, 2.24) is 14.6 Å². The van der Waals surface area contributed by atoms with Gasteiger partial charge in [0.2, 0.25) is 0 Å². The molecule has 1 aromatic carbocycles. The molecule has 3 rings (SSSR count). The molecule has 2 heterocycles. The van der Waals surface area contributed by atoms with Crippen LogP contribution in [-0.2, 0) is 6.18 Å². The molecule has 1 N–H and O–H groups in total. The first kappa shape index (κ1) is 15.1. The van der Waals surface area contributed by atoms with Gasteiger partial charge in [0.25, 0.3) is 5.56 Å².